The zero-order chi connectivity index (χ0) is 22.3. The summed E-state index contributed by atoms with van der Waals surface area (Å²) in [6.45, 7) is 3.23. The van der Waals surface area contributed by atoms with Crippen LogP contribution in [0.15, 0.2) is 0 Å². The first kappa shape index (κ1) is 32.9. The monoisotopic (exact) mass is 444 g/mol. The van der Waals surface area contributed by atoms with Crippen LogP contribution >= 0.6 is 12.1 Å². The minimum absolute atomic E-state index is 0.00477. The van der Waals surface area contributed by atoms with Crippen molar-refractivity contribution in [2.24, 2.45) is 0 Å². The summed E-state index contributed by atoms with van der Waals surface area (Å²) in [5.41, 5.74) is 0. The van der Waals surface area contributed by atoms with Crippen LogP contribution < -0.4 is 5.32 Å². The van der Waals surface area contributed by atoms with Gasteiger partial charge in [-0.15, -0.1) is 0 Å². The molecule has 1 N–H and O–H groups in total. The van der Waals surface area contributed by atoms with Gasteiger partial charge in [-0.05, 0) is 6.92 Å². The van der Waals surface area contributed by atoms with E-state index in [-0.39, 0.29) is 37.4 Å². The zero-order valence-electron chi connectivity index (χ0n) is 13.7. The Balaban J connectivity index is -0.000000292. The fourth-order valence-electron chi connectivity index (χ4n) is 1.67. The van der Waals surface area contributed by atoms with Crippen LogP contribution in [-0.4, -0.2) is 54.2 Å². The number of rotatable bonds is 8. The number of carbonyl (C=O) groups is 3. The maximum absolute atomic E-state index is 12.4. The van der Waals surface area contributed by atoms with Crippen molar-refractivity contribution in [2.45, 2.75) is 25.0 Å². The molecule has 0 aliphatic carbocycles. The number of hydrogen-bond acceptors (Lipinski definition) is 5. The standard InChI is InChI=1S/C11H17FN2O4S.4F2/c1-2-18-6-4-13-9(15)3-5-14-10(16)7-8(19-12)11(14)17;4*1-2/h8H,2-7H2,1H3,(H,13,15);;;;. The summed E-state index contributed by atoms with van der Waals surface area (Å²) < 4.78 is 81.4. The number of likely N-dealkylation sites (tertiary alicyclic amines) is 1. The highest BCUT2D eigenvalue weighted by Crippen LogP contribution is 2.25. The van der Waals surface area contributed by atoms with Crippen LogP contribution in [0.5, 0.6) is 0 Å². The average Bonchev–Trinajstić information content (AvgIpc) is 3.02. The van der Waals surface area contributed by atoms with E-state index in [1.165, 1.54) is 0 Å². The van der Waals surface area contributed by atoms with Crippen molar-refractivity contribution in [2.75, 3.05) is 26.3 Å². The van der Waals surface area contributed by atoms with Crippen LogP contribution in [0.2, 0.25) is 0 Å². The normalized spacial score (nSPS) is 14.3. The fourth-order valence-corrected chi connectivity index (χ4v) is 2.08. The van der Waals surface area contributed by atoms with E-state index >= 15 is 0 Å². The second-order valence-corrected chi connectivity index (χ2v) is 4.71. The van der Waals surface area contributed by atoms with Gasteiger partial charge < -0.3 is 10.1 Å². The number of carbonyl (C=O) groups excluding carboxylic acids is 3. The molecule has 0 aromatic rings. The SMILES string of the molecule is CCOCCNC(=O)CCN1C(=O)CC(SF)C1=O.FF.FF.FF.FF. The molecule has 164 valence electrons. The van der Waals surface area contributed by atoms with Crippen LogP contribution in [0.1, 0.15) is 19.8 Å². The van der Waals surface area contributed by atoms with Crippen molar-refractivity contribution in [3.8, 4) is 0 Å². The Morgan fingerprint density at radius 1 is 1.15 bits per heavy atom. The van der Waals surface area contributed by atoms with Crippen molar-refractivity contribution in [3.05, 3.63) is 0 Å². The van der Waals surface area contributed by atoms with E-state index in [1.807, 2.05) is 6.92 Å². The summed E-state index contributed by atoms with van der Waals surface area (Å²) >= 11 is -0.128. The molecule has 1 fully saturated rings. The summed E-state index contributed by atoms with van der Waals surface area (Å²) in [5.74, 6) is -1.25. The smallest absolute Gasteiger partial charge is 0.245 e. The molecule has 0 radical (unpaired) electrons. The third kappa shape index (κ3) is 16.2. The van der Waals surface area contributed by atoms with Crippen molar-refractivity contribution >= 4 is 29.9 Å². The molecule has 1 atom stereocenters. The van der Waals surface area contributed by atoms with Crippen LogP contribution in [-0.2, 0) is 19.1 Å². The van der Waals surface area contributed by atoms with Crippen molar-refractivity contribution < 1.29 is 59.6 Å². The van der Waals surface area contributed by atoms with E-state index in [9.17, 15) is 18.3 Å². The lowest BCUT2D eigenvalue weighted by Gasteiger charge is -2.13. The third-order valence-electron chi connectivity index (χ3n) is 2.65. The predicted molar refractivity (Wildman–Crippen MR) is 76.8 cm³/mol. The molecule has 0 bridgehead atoms. The largest absolute Gasteiger partial charge is 0.380 e. The molecule has 0 saturated carbocycles. The van der Waals surface area contributed by atoms with E-state index in [0.29, 0.717) is 19.8 Å². The Kier molecular flexibility index (Phi) is 32.3. The fraction of sp³-hybridized carbons (Fsp3) is 0.727. The average molecular weight is 444 g/mol. The van der Waals surface area contributed by atoms with Crippen molar-refractivity contribution in [1.82, 2.24) is 10.2 Å². The van der Waals surface area contributed by atoms with Gasteiger partial charge in [0.2, 0.25) is 17.7 Å². The number of nitrogens with one attached hydrogen (secondary N) is 1. The molecule has 16 heteroatoms. The molecular weight excluding hydrogens is 427 g/mol. The summed E-state index contributed by atoms with van der Waals surface area (Å²) in [5, 5.41) is 1.65. The summed E-state index contributed by atoms with van der Waals surface area (Å²) in [6.07, 6.45) is -0.112. The Labute approximate surface area is 152 Å². The van der Waals surface area contributed by atoms with Gasteiger partial charge in [0, 0.05) is 62.7 Å². The molecule has 0 aromatic heterocycles. The molecule has 0 spiro atoms. The van der Waals surface area contributed by atoms with Crippen LogP contribution in [0, 0.1) is 0 Å². The minimum Gasteiger partial charge on any atom is -0.380 e. The van der Waals surface area contributed by atoms with Gasteiger partial charge in [0.25, 0.3) is 0 Å². The maximum atomic E-state index is 12.4. The second kappa shape index (κ2) is 26.5. The van der Waals surface area contributed by atoms with Gasteiger partial charge in [-0.2, -0.15) is 3.89 Å². The second-order valence-electron chi connectivity index (χ2n) is 3.96. The number of imide groups is 1. The van der Waals surface area contributed by atoms with Crippen LogP contribution in [0.3, 0.4) is 0 Å². The lowest BCUT2D eigenvalue weighted by molar-refractivity contribution is -0.138. The first-order valence-corrected chi connectivity index (χ1v) is 7.41. The molecule has 1 unspecified atom stereocenters. The quantitative estimate of drug-likeness (QED) is 0.352. The Hall–Kier alpha value is -1.71. The number of halogens is 9. The predicted octanol–water partition coefficient (Wildman–Crippen LogP) is 3.64. The third-order valence-corrected chi connectivity index (χ3v) is 3.23. The lowest BCUT2D eigenvalue weighted by Crippen LogP contribution is -2.36. The highest BCUT2D eigenvalue weighted by molar-refractivity contribution is 7.95. The van der Waals surface area contributed by atoms with Gasteiger partial charge in [-0.3, -0.25) is 19.3 Å². The minimum atomic E-state index is -0.950. The van der Waals surface area contributed by atoms with E-state index < -0.39 is 17.1 Å². The van der Waals surface area contributed by atoms with Gasteiger partial charge in [0.1, 0.15) is 5.25 Å². The van der Waals surface area contributed by atoms with E-state index in [1.54, 1.807) is 0 Å². The summed E-state index contributed by atoms with van der Waals surface area (Å²) in [7, 11) is 0. The highest BCUT2D eigenvalue weighted by atomic mass is 32.2. The van der Waals surface area contributed by atoms with Gasteiger partial charge in [0.05, 0.1) is 25.2 Å². The first-order valence-electron chi connectivity index (χ1n) is 6.63. The van der Waals surface area contributed by atoms with Gasteiger partial charge in [-0.1, -0.05) is 0 Å². The van der Waals surface area contributed by atoms with Crippen LogP contribution in [0.25, 0.3) is 0 Å². The van der Waals surface area contributed by atoms with Crippen LogP contribution in [0.4, 0.5) is 40.5 Å². The van der Waals surface area contributed by atoms with E-state index in [4.69, 9.17) is 41.3 Å². The number of hydrogen-bond donors (Lipinski definition) is 1. The first-order chi connectivity index (χ1) is 13.1. The van der Waals surface area contributed by atoms with E-state index in [0.717, 1.165) is 4.90 Å². The zero-order valence-corrected chi connectivity index (χ0v) is 14.5. The lowest BCUT2D eigenvalue weighted by atomic mass is 10.3. The topological polar surface area (TPSA) is 75.7 Å². The van der Waals surface area contributed by atoms with Crippen molar-refractivity contribution in [3.63, 3.8) is 0 Å². The summed E-state index contributed by atoms with van der Waals surface area (Å²) in [4.78, 5) is 35.4. The molecular formula is C11H17F9N2O4S. The molecule has 6 nitrogen and oxygen atoms in total. The van der Waals surface area contributed by atoms with Gasteiger partial charge in [-0.25, -0.2) is 0 Å². The Morgan fingerprint density at radius 2 is 1.67 bits per heavy atom. The van der Waals surface area contributed by atoms with Gasteiger partial charge >= 0.3 is 0 Å². The van der Waals surface area contributed by atoms with Gasteiger partial charge in [0.15, 0.2) is 0 Å². The molecule has 1 aliphatic rings. The highest BCUT2D eigenvalue weighted by Gasteiger charge is 2.39. The molecule has 1 saturated heterocycles. The molecule has 1 aliphatic heterocycles. The number of ether oxygens (including phenoxy) is 1. The molecule has 0 aromatic carbocycles. The summed E-state index contributed by atoms with van der Waals surface area (Å²) in [6, 6.07) is 0. The molecule has 1 heterocycles. The number of nitrogens with zero attached hydrogens (tertiary/aromatic N) is 1. The Bertz CT molecular complexity index is 373. The Morgan fingerprint density at radius 3 is 2.07 bits per heavy atom. The molecule has 1 rings (SSSR count). The maximum Gasteiger partial charge on any atom is 0.245 e. The van der Waals surface area contributed by atoms with E-state index in [2.05, 4.69) is 5.32 Å². The molecule has 3 amide bonds. The number of amides is 3. The van der Waals surface area contributed by atoms with Crippen molar-refractivity contribution in [1.29, 1.82) is 0 Å². The molecule has 27 heavy (non-hydrogen) atoms.